The highest BCUT2D eigenvalue weighted by molar-refractivity contribution is 9.10. The molecule has 0 saturated heterocycles. The standard InChI is InChI=1S/C20H18BrN3O3/c1-12-8-15(14-6-4-5-7-17(14)23-12)20(25)24-22-11-13-9-16(21)19(27-3)10-18(13)26-2/h4-11H,1-3H3,(H,24,25)/b22-11-. The van der Waals surface area contributed by atoms with E-state index in [-0.39, 0.29) is 5.91 Å². The van der Waals surface area contributed by atoms with Crippen LogP contribution in [-0.4, -0.2) is 31.3 Å². The third kappa shape index (κ3) is 4.09. The van der Waals surface area contributed by atoms with Gasteiger partial charge in [0, 0.05) is 22.7 Å². The number of halogens is 1. The van der Waals surface area contributed by atoms with Crippen molar-refractivity contribution in [3.63, 3.8) is 0 Å². The van der Waals surface area contributed by atoms with Crippen molar-refractivity contribution in [2.75, 3.05) is 14.2 Å². The number of nitrogens with zero attached hydrogens (tertiary/aromatic N) is 2. The summed E-state index contributed by atoms with van der Waals surface area (Å²) in [5.74, 6) is 0.921. The van der Waals surface area contributed by atoms with Gasteiger partial charge < -0.3 is 9.47 Å². The molecule has 138 valence electrons. The fraction of sp³-hybridized carbons (Fsp3) is 0.150. The zero-order chi connectivity index (χ0) is 19.4. The molecule has 1 aromatic heterocycles. The van der Waals surface area contributed by atoms with E-state index >= 15 is 0 Å². The van der Waals surface area contributed by atoms with E-state index in [0.717, 1.165) is 21.1 Å². The molecule has 0 fully saturated rings. The summed E-state index contributed by atoms with van der Waals surface area (Å²) in [5.41, 5.74) is 5.33. The van der Waals surface area contributed by atoms with E-state index in [1.165, 1.54) is 6.21 Å². The second-order valence-corrected chi connectivity index (χ2v) is 6.61. The first-order chi connectivity index (χ1) is 13.0. The Hall–Kier alpha value is -2.93. The minimum absolute atomic E-state index is 0.306. The summed E-state index contributed by atoms with van der Waals surface area (Å²) in [6.45, 7) is 1.85. The normalized spacial score (nSPS) is 11.0. The number of carbonyl (C=O) groups excluding carboxylic acids is 1. The van der Waals surface area contributed by atoms with Crippen molar-refractivity contribution < 1.29 is 14.3 Å². The largest absolute Gasteiger partial charge is 0.496 e. The highest BCUT2D eigenvalue weighted by Gasteiger charge is 2.12. The Morgan fingerprint density at radius 1 is 1.15 bits per heavy atom. The van der Waals surface area contributed by atoms with E-state index in [2.05, 4.69) is 31.4 Å². The number of fused-ring (bicyclic) bond motifs is 1. The average molecular weight is 428 g/mol. The number of carbonyl (C=O) groups is 1. The molecule has 0 atom stereocenters. The fourth-order valence-electron chi connectivity index (χ4n) is 2.70. The number of nitrogens with one attached hydrogen (secondary N) is 1. The zero-order valence-electron chi connectivity index (χ0n) is 15.1. The molecule has 3 rings (SSSR count). The highest BCUT2D eigenvalue weighted by atomic mass is 79.9. The summed E-state index contributed by atoms with van der Waals surface area (Å²) in [6.07, 6.45) is 1.52. The van der Waals surface area contributed by atoms with Crippen LogP contribution in [0.15, 0.2) is 52.0 Å². The molecule has 2 aromatic carbocycles. The maximum Gasteiger partial charge on any atom is 0.272 e. The highest BCUT2D eigenvalue weighted by Crippen LogP contribution is 2.31. The number of hydrogen-bond donors (Lipinski definition) is 1. The Morgan fingerprint density at radius 2 is 1.89 bits per heavy atom. The number of benzene rings is 2. The number of pyridine rings is 1. The number of hydrazone groups is 1. The van der Waals surface area contributed by atoms with Crippen LogP contribution in [0.1, 0.15) is 21.6 Å². The van der Waals surface area contributed by atoms with Crippen LogP contribution < -0.4 is 14.9 Å². The van der Waals surface area contributed by atoms with Crippen molar-refractivity contribution in [1.29, 1.82) is 0 Å². The summed E-state index contributed by atoms with van der Waals surface area (Å²) in [7, 11) is 3.14. The SMILES string of the molecule is COc1cc(OC)c(/C=N\NC(=O)c2cc(C)nc3ccccc23)cc1Br. The molecule has 0 aliphatic carbocycles. The molecule has 1 heterocycles. The van der Waals surface area contributed by atoms with Crippen molar-refractivity contribution in [2.45, 2.75) is 6.92 Å². The van der Waals surface area contributed by atoms with Crippen LogP contribution in [0.25, 0.3) is 10.9 Å². The number of methoxy groups -OCH3 is 2. The first kappa shape index (κ1) is 18.8. The van der Waals surface area contributed by atoms with Crippen LogP contribution in [-0.2, 0) is 0 Å². The van der Waals surface area contributed by atoms with Gasteiger partial charge in [-0.2, -0.15) is 5.10 Å². The van der Waals surface area contributed by atoms with Crippen LogP contribution in [0.2, 0.25) is 0 Å². The number of para-hydroxylation sites is 1. The molecule has 0 saturated carbocycles. The van der Waals surface area contributed by atoms with E-state index < -0.39 is 0 Å². The van der Waals surface area contributed by atoms with Crippen molar-refractivity contribution >= 4 is 39.0 Å². The van der Waals surface area contributed by atoms with Gasteiger partial charge in [0.2, 0.25) is 0 Å². The summed E-state index contributed by atoms with van der Waals surface area (Å²) in [6, 6.07) is 12.8. The van der Waals surface area contributed by atoms with Gasteiger partial charge in [0.15, 0.2) is 0 Å². The number of aryl methyl sites for hydroxylation is 1. The van der Waals surface area contributed by atoms with Gasteiger partial charge >= 0.3 is 0 Å². The molecule has 0 bridgehead atoms. The van der Waals surface area contributed by atoms with E-state index in [9.17, 15) is 4.79 Å². The first-order valence-electron chi connectivity index (χ1n) is 8.14. The van der Waals surface area contributed by atoms with Crippen LogP contribution in [0, 0.1) is 6.92 Å². The van der Waals surface area contributed by atoms with Crippen molar-refractivity contribution in [3.8, 4) is 11.5 Å². The van der Waals surface area contributed by atoms with Gasteiger partial charge in [-0.25, -0.2) is 5.43 Å². The Morgan fingerprint density at radius 3 is 2.63 bits per heavy atom. The molecule has 0 unspecified atom stereocenters. The second-order valence-electron chi connectivity index (χ2n) is 5.76. The average Bonchev–Trinajstić information content (AvgIpc) is 2.67. The summed E-state index contributed by atoms with van der Waals surface area (Å²) < 4.78 is 11.4. The minimum atomic E-state index is -0.306. The Labute approximate surface area is 165 Å². The predicted molar refractivity (Wildman–Crippen MR) is 109 cm³/mol. The molecule has 3 aromatic rings. The monoisotopic (exact) mass is 427 g/mol. The van der Waals surface area contributed by atoms with Crippen molar-refractivity contribution in [2.24, 2.45) is 5.10 Å². The van der Waals surface area contributed by atoms with Gasteiger partial charge in [-0.05, 0) is 41.1 Å². The molecule has 1 amide bonds. The predicted octanol–water partition coefficient (Wildman–Crippen LogP) is 4.09. The van der Waals surface area contributed by atoms with Crippen molar-refractivity contribution in [3.05, 3.63) is 63.8 Å². The molecule has 0 aliphatic heterocycles. The fourth-order valence-corrected chi connectivity index (χ4v) is 3.22. The van der Waals surface area contributed by atoms with Crippen molar-refractivity contribution in [1.82, 2.24) is 10.4 Å². The number of amides is 1. The van der Waals surface area contributed by atoms with Gasteiger partial charge in [0.05, 0.1) is 36.0 Å². The first-order valence-corrected chi connectivity index (χ1v) is 8.94. The lowest BCUT2D eigenvalue weighted by molar-refractivity contribution is 0.0956. The third-order valence-electron chi connectivity index (χ3n) is 3.96. The second kappa shape index (κ2) is 8.18. The molecule has 6 nitrogen and oxygen atoms in total. The Kier molecular flexibility index (Phi) is 5.71. The third-order valence-corrected chi connectivity index (χ3v) is 4.58. The molecule has 0 radical (unpaired) electrons. The van der Waals surface area contributed by atoms with E-state index in [1.807, 2.05) is 31.2 Å². The van der Waals surface area contributed by atoms with E-state index in [0.29, 0.717) is 22.6 Å². The van der Waals surface area contributed by atoms with Crippen LogP contribution >= 0.6 is 15.9 Å². The lowest BCUT2D eigenvalue weighted by atomic mass is 10.1. The number of aromatic nitrogens is 1. The molecule has 1 N–H and O–H groups in total. The zero-order valence-corrected chi connectivity index (χ0v) is 16.7. The van der Waals surface area contributed by atoms with E-state index in [4.69, 9.17) is 9.47 Å². The number of hydrogen-bond acceptors (Lipinski definition) is 5. The molecular formula is C20H18BrN3O3. The van der Waals surface area contributed by atoms with Gasteiger partial charge in [-0.1, -0.05) is 18.2 Å². The maximum absolute atomic E-state index is 12.6. The van der Waals surface area contributed by atoms with Gasteiger partial charge in [0.25, 0.3) is 5.91 Å². The Bertz CT molecular complexity index is 1030. The van der Waals surface area contributed by atoms with Crippen LogP contribution in [0.4, 0.5) is 0 Å². The smallest absolute Gasteiger partial charge is 0.272 e. The molecule has 7 heteroatoms. The summed E-state index contributed by atoms with van der Waals surface area (Å²) >= 11 is 3.43. The summed E-state index contributed by atoms with van der Waals surface area (Å²) in [5, 5.41) is 4.85. The summed E-state index contributed by atoms with van der Waals surface area (Å²) in [4.78, 5) is 17.1. The maximum atomic E-state index is 12.6. The van der Waals surface area contributed by atoms with Crippen LogP contribution in [0.5, 0.6) is 11.5 Å². The number of rotatable bonds is 5. The van der Waals surface area contributed by atoms with E-state index in [1.54, 1.807) is 32.4 Å². The van der Waals surface area contributed by atoms with Gasteiger partial charge in [-0.15, -0.1) is 0 Å². The minimum Gasteiger partial charge on any atom is -0.496 e. The Balaban J connectivity index is 1.85. The molecule has 0 aliphatic rings. The quantitative estimate of drug-likeness (QED) is 0.491. The molecule has 27 heavy (non-hydrogen) atoms. The van der Waals surface area contributed by atoms with Gasteiger partial charge in [-0.3, -0.25) is 9.78 Å². The topological polar surface area (TPSA) is 72.8 Å². The van der Waals surface area contributed by atoms with Gasteiger partial charge in [0.1, 0.15) is 11.5 Å². The molecular weight excluding hydrogens is 410 g/mol. The number of ether oxygens (including phenoxy) is 2. The lowest BCUT2D eigenvalue weighted by Crippen LogP contribution is -2.18. The van der Waals surface area contributed by atoms with Crippen LogP contribution in [0.3, 0.4) is 0 Å². The lowest BCUT2D eigenvalue weighted by Gasteiger charge is -2.09. The molecule has 0 spiro atoms.